The number of ether oxygens (including phenoxy) is 1. The first-order valence-corrected chi connectivity index (χ1v) is 7.22. The largest absolute Gasteiger partial charge is 0.457 e. The molecule has 0 heterocycles. The number of allylic oxidation sites excluding steroid dienone is 3. The molecule has 0 bridgehead atoms. The Morgan fingerprint density at radius 3 is 2.43 bits per heavy atom. The maximum atomic E-state index is 11.7. The average molecular weight is 292 g/mol. The second-order valence-electron chi connectivity index (χ2n) is 6.32. The Kier molecular flexibility index (Phi) is 5.64. The van der Waals surface area contributed by atoms with Gasteiger partial charge in [-0.05, 0) is 56.3 Å². The van der Waals surface area contributed by atoms with E-state index in [9.17, 15) is 14.4 Å². The minimum Gasteiger partial charge on any atom is -0.457 e. The van der Waals surface area contributed by atoms with E-state index in [1.807, 2.05) is 13.0 Å². The van der Waals surface area contributed by atoms with Gasteiger partial charge in [0, 0.05) is 0 Å². The van der Waals surface area contributed by atoms with Crippen LogP contribution in [0.15, 0.2) is 23.3 Å². The van der Waals surface area contributed by atoms with E-state index < -0.39 is 5.97 Å². The third kappa shape index (κ3) is 4.96. The molecule has 21 heavy (non-hydrogen) atoms. The van der Waals surface area contributed by atoms with Crippen LogP contribution < -0.4 is 0 Å². The van der Waals surface area contributed by atoms with Crippen LogP contribution in [0, 0.1) is 5.41 Å². The zero-order chi connectivity index (χ0) is 16.2. The first kappa shape index (κ1) is 17.3. The maximum Gasteiger partial charge on any atom is 0.313 e. The highest BCUT2D eigenvalue weighted by molar-refractivity contribution is 5.94. The van der Waals surface area contributed by atoms with E-state index >= 15 is 0 Å². The van der Waals surface area contributed by atoms with Crippen LogP contribution in [-0.2, 0) is 19.1 Å². The highest BCUT2D eigenvalue weighted by atomic mass is 16.5. The van der Waals surface area contributed by atoms with E-state index in [0.717, 1.165) is 24.0 Å². The maximum absolute atomic E-state index is 11.7. The zero-order valence-electron chi connectivity index (χ0n) is 13.5. The number of Topliss-reactive ketones (excluding diaryl/α,β-unsaturated/α-hetero) is 1. The van der Waals surface area contributed by atoms with E-state index in [2.05, 4.69) is 13.8 Å². The SMILES string of the molecule is CC(=O)/C=C/C1=C(C)C(OC(=O)CC(C)=O)CCC1(C)C. The van der Waals surface area contributed by atoms with Crippen molar-refractivity contribution >= 4 is 17.5 Å². The number of esters is 1. The summed E-state index contributed by atoms with van der Waals surface area (Å²) < 4.78 is 5.41. The Morgan fingerprint density at radius 2 is 1.90 bits per heavy atom. The number of hydrogen-bond acceptors (Lipinski definition) is 4. The van der Waals surface area contributed by atoms with Crippen molar-refractivity contribution in [3.8, 4) is 0 Å². The molecular formula is C17H24O4. The second kappa shape index (κ2) is 6.83. The van der Waals surface area contributed by atoms with Crippen molar-refractivity contribution in [1.29, 1.82) is 0 Å². The van der Waals surface area contributed by atoms with Crippen molar-refractivity contribution in [2.24, 2.45) is 5.41 Å². The van der Waals surface area contributed by atoms with E-state index in [0.29, 0.717) is 0 Å². The summed E-state index contributed by atoms with van der Waals surface area (Å²) in [5, 5.41) is 0. The van der Waals surface area contributed by atoms with Crippen LogP contribution in [0.25, 0.3) is 0 Å². The number of ketones is 2. The topological polar surface area (TPSA) is 60.4 Å². The van der Waals surface area contributed by atoms with Crippen molar-refractivity contribution < 1.29 is 19.1 Å². The summed E-state index contributed by atoms with van der Waals surface area (Å²) in [5.41, 5.74) is 1.93. The predicted octanol–water partition coefficient (Wildman–Crippen LogP) is 3.16. The highest BCUT2D eigenvalue weighted by Crippen LogP contribution is 2.41. The molecule has 0 aromatic carbocycles. The van der Waals surface area contributed by atoms with Gasteiger partial charge in [0.2, 0.25) is 0 Å². The average Bonchev–Trinajstić information content (AvgIpc) is 2.31. The lowest BCUT2D eigenvalue weighted by Gasteiger charge is -2.37. The lowest BCUT2D eigenvalue weighted by molar-refractivity contribution is -0.149. The van der Waals surface area contributed by atoms with Gasteiger partial charge < -0.3 is 4.74 Å². The van der Waals surface area contributed by atoms with Gasteiger partial charge in [-0.3, -0.25) is 14.4 Å². The second-order valence-corrected chi connectivity index (χ2v) is 6.32. The van der Waals surface area contributed by atoms with Crippen LogP contribution in [0.1, 0.15) is 53.9 Å². The smallest absolute Gasteiger partial charge is 0.313 e. The summed E-state index contributed by atoms with van der Waals surface area (Å²) in [6.45, 7) is 9.03. The van der Waals surface area contributed by atoms with Crippen LogP contribution in [0.5, 0.6) is 0 Å². The number of hydrogen-bond donors (Lipinski definition) is 0. The quantitative estimate of drug-likeness (QED) is 0.443. The Bertz CT molecular complexity index is 509. The fourth-order valence-corrected chi connectivity index (χ4v) is 2.66. The summed E-state index contributed by atoms with van der Waals surface area (Å²) in [6, 6.07) is 0. The molecule has 0 aromatic rings. The lowest BCUT2D eigenvalue weighted by Crippen LogP contribution is -2.31. The molecule has 1 unspecified atom stereocenters. The Hall–Kier alpha value is -1.71. The third-order valence-corrected chi connectivity index (χ3v) is 3.82. The summed E-state index contributed by atoms with van der Waals surface area (Å²) in [6.07, 6.45) is 4.46. The van der Waals surface area contributed by atoms with Gasteiger partial charge in [-0.25, -0.2) is 0 Å². The molecule has 0 fully saturated rings. The molecule has 0 saturated carbocycles. The van der Waals surface area contributed by atoms with Crippen molar-refractivity contribution in [2.45, 2.75) is 60.0 Å². The molecule has 0 N–H and O–H groups in total. The highest BCUT2D eigenvalue weighted by Gasteiger charge is 2.33. The molecule has 0 radical (unpaired) electrons. The molecular weight excluding hydrogens is 268 g/mol. The predicted molar refractivity (Wildman–Crippen MR) is 80.7 cm³/mol. The molecule has 1 aliphatic rings. The molecule has 1 aliphatic carbocycles. The van der Waals surface area contributed by atoms with Crippen LogP contribution in [0.2, 0.25) is 0 Å². The Balaban J connectivity index is 2.98. The summed E-state index contributed by atoms with van der Waals surface area (Å²) in [5.74, 6) is -0.697. The molecule has 1 atom stereocenters. The molecule has 0 aliphatic heterocycles. The molecule has 116 valence electrons. The van der Waals surface area contributed by atoms with Crippen molar-refractivity contribution in [2.75, 3.05) is 0 Å². The molecule has 0 aromatic heterocycles. The molecule has 4 heteroatoms. The van der Waals surface area contributed by atoms with Crippen LogP contribution in [0.4, 0.5) is 0 Å². The lowest BCUT2D eigenvalue weighted by atomic mass is 9.71. The molecule has 0 amide bonds. The Labute approximate surface area is 126 Å². The minimum absolute atomic E-state index is 0.0122. The molecule has 1 rings (SSSR count). The molecule has 0 saturated heterocycles. The van der Waals surface area contributed by atoms with E-state index in [4.69, 9.17) is 4.74 Å². The van der Waals surface area contributed by atoms with Gasteiger partial charge in [0.25, 0.3) is 0 Å². The number of rotatable bonds is 5. The number of carbonyl (C=O) groups excluding carboxylic acids is 3. The third-order valence-electron chi connectivity index (χ3n) is 3.82. The number of carbonyl (C=O) groups is 3. The summed E-state index contributed by atoms with van der Waals surface area (Å²) in [4.78, 5) is 33.8. The van der Waals surface area contributed by atoms with Crippen molar-refractivity contribution in [3.63, 3.8) is 0 Å². The van der Waals surface area contributed by atoms with E-state index in [1.54, 1.807) is 6.08 Å². The van der Waals surface area contributed by atoms with E-state index in [1.165, 1.54) is 13.8 Å². The zero-order valence-corrected chi connectivity index (χ0v) is 13.5. The molecule has 0 spiro atoms. The normalized spacial score (nSPS) is 21.5. The monoisotopic (exact) mass is 292 g/mol. The van der Waals surface area contributed by atoms with Gasteiger partial charge in [-0.1, -0.05) is 19.9 Å². The van der Waals surface area contributed by atoms with Gasteiger partial charge in [0.15, 0.2) is 5.78 Å². The van der Waals surface area contributed by atoms with Gasteiger partial charge in [0.1, 0.15) is 18.3 Å². The summed E-state index contributed by atoms with van der Waals surface area (Å²) in [7, 11) is 0. The van der Waals surface area contributed by atoms with Crippen LogP contribution >= 0.6 is 0 Å². The van der Waals surface area contributed by atoms with Gasteiger partial charge in [0.05, 0.1) is 0 Å². The first-order chi connectivity index (χ1) is 9.63. The van der Waals surface area contributed by atoms with Crippen molar-refractivity contribution in [1.82, 2.24) is 0 Å². The minimum atomic E-state index is -0.485. The Morgan fingerprint density at radius 1 is 1.29 bits per heavy atom. The fraction of sp³-hybridized carbons (Fsp3) is 0.588. The molecule has 4 nitrogen and oxygen atoms in total. The van der Waals surface area contributed by atoms with Gasteiger partial charge in [-0.2, -0.15) is 0 Å². The first-order valence-electron chi connectivity index (χ1n) is 7.22. The van der Waals surface area contributed by atoms with Crippen molar-refractivity contribution in [3.05, 3.63) is 23.3 Å². The van der Waals surface area contributed by atoms with Gasteiger partial charge in [-0.15, -0.1) is 0 Å². The van der Waals surface area contributed by atoms with Crippen LogP contribution in [0.3, 0.4) is 0 Å². The van der Waals surface area contributed by atoms with Crippen LogP contribution in [-0.4, -0.2) is 23.6 Å². The summed E-state index contributed by atoms with van der Waals surface area (Å²) >= 11 is 0. The van der Waals surface area contributed by atoms with Gasteiger partial charge >= 0.3 is 5.97 Å². The van der Waals surface area contributed by atoms with E-state index in [-0.39, 0.29) is 29.5 Å². The standard InChI is InChI=1S/C17H24O4/c1-11(18)6-7-14-13(3)15(8-9-17(14,4)5)21-16(20)10-12(2)19/h6-7,15H,8-10H2,1-5H3/b7-6+. The fourth-order valence-electron chi connectivity index (χ4n) is 2.66.